The smallest absolute Gasteiger partial charge is 0.244 e. The number of furan rings is 1. The monoisotopic (exact) mass is 313 g/mol. The molecule has 1 amide bonds. The lowest BCUT2D eigenvalue weighted by molar-refractivity contribution is -0.117. The van der Waals surface area contributed by atoms with Gasteiger partial charge in [-0.1, -0.05) is 12.1 Å². The minimum absolute atomic E-state index is 0.0620. The summed E-state index contributed by atoms with van der Waals surface area (Å²) in [7, 11) is 0. The lowest BCUT2D eigenvalue weighted by atomic mass is 9.93. The van der Waals surface area contributed by atoms with E-state index in [1.165, 1.54) is 4.90 Å². The molecule has 0 spiro atoms. The highest BCUT2D eigenvalue weighted by atomic mass is 32.2. The lowest BCUT2D eigenvalue weighted by Gasteiger charge is -2.21. The van der Waals surface area contributed by atoms with E-state index in [4.69, 9.17) is 4.42 Å². The Labute approximate surface area is 134 Å². The Bertz CT molecular complexity index is 673. The molecule has 4 heteroatoms. The van der Waals surface area contributed by atoms with E-state index < -0.39 is 0 Å². The third kappa shape index (κ3) is 3.45. The van der Waals surface area contributed by atoms with Crippen LogP contribution in [-0.4, -0.2) is 12.2 Å². The average Bonchev–Trinajstić information content (AvgIpc) is 3.03. The second kappa shape index (κ2) is 6.88. The van der Waals surface area contributed by atoms with E-state index in [2.05, 4.69) is 17.4 Å². The van der Waals surface area contributed by atoms with Crippen LogP contribution >= 0.6 is 11.8 Å². The molecule has 1 heterocycles. The first-order valence-corrected chi connectivity index (χ1v) is 8.67. The van der Waals surface area contributed by atoms with Gasteiger partial charge in [-0.2, -0.15) is 0 Å². The first-order valence-electron chi connectivity index (χ1n) is 7.45. The van der Waals surface area contributed by atoms with Crippen molar-refractivity contribution in [3.63, 3.8) is 0 Å². The number of fused-ring (bicyclic) bond motifs is 1. The number of nitrogens with one attached hydrogen (secondary N) is 1. The van der Waals surface area contributed by atoms with E-state index in [-0.39, 0.29) is 11.9 Å². The number of rotatable bonds is 4. The Balaban J connectivity index is 1.62. The normalized spacial score (nSPS) is 17.4. The Morgan fingerprint density at radius 2 is 2.14 bits per heavy atom. The molecule has 1 unspecified atom stereocenters. The summed E-state index contributed by atoms with van der Waals surface area (Å²) in [6, 6.07) is 10.2. The topological polar surface area (TPSA) is 42.2 Å². The molecular formula is C18H19NO2S. The van der Waals surface area contributed by atoms with Crippen molar-refractivity contribution >= 4 is 23.7 Å². The Kier molecular flexibility index (Phi) is 4.68. The molecule has 2 aromatic rings. The van der Waals surface area contributed by atoms with Crippen molar-refractivity contribution in [2.45, 2.75) is 30.2 Å². The molecule has 0 saturated heterocycles. The molecule has 1 aliphatic rings. The summed E-state index contributed by atoms with van der Waals surface area (Å²) in [5, 5.41) is 3.06. The SMILES string of the molecule is CSc1ccc(/C=C/C(=O)NC2CCCc3occc32)cc1. The first-order chi connectivity index (χ1) is 10.8. The van der Waals surface area contributed by atoms with Crippen LogP contribution in [0.25, 0.3) is 6.08 Å². The summed E-state index contributed by atoms with van der Waals surface area (Å²) in [6.45, 7) is 0. The number of aryl methyl sites for hydroxylation is 1. The molecule has 0 saturated carbocycles. The third-order valence-corrected chi connectivity index (χ3v) is 4.65. The number of hydrogen-bond acceptors (Lipinski definition) is 3. The van der Waals surface area contributed by atoms with Gasteiger partial charge in [0.05, 0.1) is 12.3 Å². The van der Waals surface area contributed by atoms with Crippen LogP contribution in [0.4, 0.5) is 0 Å². The molecule has 3 rings (SSSR count). The van der Waals surface area contributed by atoms with Crippen LogP contribution in [0.3, 0.4) is 0 Å². The van der Waals surface area contributed by atoms with E-state index in [0.29, 0.717) is 0 Å². The van der Waals surface area contributed by atoms with Gasteiger partial charge < -0.3 is 9.73 Å². The summed E-state index contributed by atoms with van der Waals surface area (Å²) in [6.07, 6.45) is 10.2. The van der Waals surface area contributed by atoms with Gasteiger partial charge in [0.1, 0.15) is 5.76 Å². The van der Waals surface area contributed by atoms with E-state index in [1.807, 2.05) is 30.5 Å². The van der Waals surface area contributed by atoms with Crippen molar-refractivity contribution in [2.24, 2.45) is 0 Å². The maximum Gasteiger partial charge on any atom is 0.244 e. The molecule has 3 nitrogen and oxygen atoms in total. The van der Waals surface area contributed by atoms with Crippen molar-refractivity contribution in [3.8, 4) is 0 Å². The number of amides is 1. The predicted octanol–water partition coefficient (Wildman–Crippen LogP) is 4.21. The van der Waals surface area contributed by atoms with Crippen molar-refractivity contribution in [1.82, 2.24) is 5.32 Å². The maximum absolute atomic E-state index is 12.1. The van der Waals surface area contributed by atoms with Crippen LogP contribution in [0.5, 0.6) is 0 Å². The van der Waals surface area contributed by atoms with Crippen LogP contribution in [0.15, 0.2) is 52.0 Å². The zero-order valence-electron chi connectivity index (χ0n) is 12.5. The van der Waals surface area contributed by atoms with E-state index in [9.17, 15) is 4.79 Å². The summed E-state index contributed by atoms with van der Waals surface area (Å²) in [4.78, 5) is 13.3. The quantitative estimate of drug-likeness (QED) is 0.679. The molecule has 22 heavy (non-hydrogen) atoms. The van der Waals surface area contributed by atoms with Gasteiger partial charge in [0.15, 0.2) is 0 Å². The van der Waals surface area contributed by atoms with Gasteiger partial charge in [0.25, 0.3) is 0 Å². The van der Waals surface area contributed by atoms with Gasteiger partial charge in [-0.3, -0.25) is 4.79 Å². The number of benzene rings is 1. The maximum atomic E-state index is 12.1. The van der Waals surface area contributed by atoms with E-state index in [1.54, 1.807) is 24.1 Å². The van der Waals surface area contributed by atoms with Crippen molar-refractivity contribution in [2.75, 3.05) is 6.26 Å². The van der Waals surface area contributed by atoms with Gasteiger partial charge in [-0.25, -0.2) is 0 Å². The largest absolute Gasteiger partial charge is 0.469 e. The molecule has 1 aromatic heterocycles. The highest BCUT2D eigenvalue weighted by Gasteiger charge is 2.23. The fourth-order valence-electron chi connectivity index (χ4n) is 2.74. The zero-order chi connectivity index (χ0) is 15.4. The van der Waals surface area contributed by atoms with Gasteiger partial charge in [0, 0.05) is 23.0 Å². The summed E-state index contributed by atoms with van der Waals surface area (Å²) < 4.78 is 5.45. The van der Waals surface area contributed by atoms with Crippen LogP contribution in [0, 0.1) is 0 Å². The molecule has 114 valence electrons. The fourth-order valence-corrected chi connectivity index (χ4v) is 3.15. The summed E-state index contributed by atoms with van der Waals surface area (Å²) >= 11 is 1.71. The summed E-state index contributed by atoms with van der Waals surface area (Å²) in [5.41, 5.74) is 2.15. The van der Waals surface area contributed by atoms with Crippen LogP contribution < -0.4 is 5.32 Å². The van der Waals surface area contributed by atoms with E-state index in [0.717, 1.165) is 36.1 Å². The predicted molar refractivity (Wildman–Crippen MR) is 89.8 cm³/mol. The second-order valence-corrected chi connectivity index (χ2v) is 6.24. The second-order valence-electron chi connectivity index (χ2n) is 5.36. The van der Waals surface area contributed by atoms with Crippen LogP contribution in [-0.2, 0) is 11.2 Å². The molecule has 1 aliphatic carbocycles. The van der Waals surface area contributed by atoms with Crippen molar-refractivity contribution in [1.29, 1.82) is 0 Å². The van der Waals surface area contributed by atoms with Gasteiger partial charge in [-0.05, 0) is 48.9 Å². The van der Waals surface area contributed by atoms with Crippen molar-refractivity contribution in [3.05, 3.63) is 59.6 Å². The Hall–Kier alpha value is -1.94. The standard InChI is InChI=1S/C18H19NO2S/c1-22-14-8-5-13(6-9-14)7-10-18(20)19-16-3-2-4-17-15(16)11-12-21-17/h5-12,16H,2-4H2,1H3,(H,19,20)/b10-7+. The third-order valence-electron chi connectivity index (χ3n) is 3.91. The molecule has 1 N–H and O–H groups in total. The van der Waals surface area contributed by atoms with Gasteiger partial charge >= 0.3 is 0 Å². The Morgan fingerprint density at radius 1 is 1.32 bits per heavy atom. The molecule has 1 atom stereocenters. The molecule has 1 aromatic carbocycles. The Morgan fingerprint density at radius 3 is 2.91 bits per heavy atom. The average molecular weight is 313 g/mol. The van der Waals surface area contributed by atoms with E-state index >= 15 is 0 Å². The number of carbonyl (C=O) groups is 1. The first kappa shape index (κ1) is 15.0. The minimum atomic E-state index is -0.0620. The highest BCUT2D eigenvalue weighted by molar-refractivity contribution is 7.98. The van der Waals surface area contributed by atoms with Crippen LogP contribution in [0.2, 0.25) is 0 Å². The minimum Gasteiger partial charge on any atom is -0.469 e. The zero-order valence-corrected chi connectivity index (χ0v) is 13.4. The highest BCUT2D eigenvalue weighted by Crippen LogP contribution is 2.30. The number of thioether (sulfide) groups is 1. The molecule has 0 bridgehead atoms. The van der Waals surface area contributed by atoms with Crippen molar-refractivity contribution < 1.29 is 9.21 Å². The van der Waals surface area contributed by atoms with Gasteiger partial charge in [0.2, 0.25) is 5.91 Å². The fraction of sp³-hybridized carbons (Fsp3) is 0.278. The van der Waals surface area contributed by atoms with Gasteiger partial charge in [-0.15, -0.1) is 11.8 Å². The lowest BCUT2D eigenvalue weighted by Crippen LogP contribution is -2.28. The molecular weight excluding hydrogens is 294 g/mol. The molecule has 0 radical (unpaired) electrons. The summed E-state index contributed by atoms with van der Waals surface area (Å²) in [5.74, 6) is 0.946. The molecule has 0 aliphatic heterocycles. The number of carbonyl (C=O) groups excluding carboxylic acids is 1. The number of hydrogen-bond donors (Lipinski definition) is 1. The van der Waals surface area contributed by atoms with Crippen LogP contribution in [0.1, 0.15) is 35.8 Å². The molecule has 0 fully saturated rings.